The normalized spacial score (nSPS) is 20.1. The summed E-state index contributed by atoms with van der Waals surface area (Å²) in [6, 6.07) is 15.7. The molecule has 2 aromatic rings. The number of amides is 1. The summed E-state index contributed by atoms with van der Waals surface area (Å²) in [6.45, 7) is 20.9. The Hall–Kier alpha value is -3.14. The molecule has 0 unspecified atom stereocenters. The largest absolute Gasteiger partial charge is 0.494 e. The maximum atomic E-state index is 12.0. The molecule has 9 heteroatoms. The lowest BCUT2D eigenvalue weighted by Gasteiger charge is -2.44. The zero-order valence-corrected chi connectivity index (χ0v) is 31.6. The van der Waals surface area contributed by atoms with Gasteiger partial charge in [0.1, 0.15) is 17.1 Å². The second kappa shape index (κ2) is 19.5. The van der Waals surface area contributed by atoms with Crippen LogP contribution < -0.4 is 20.1 Å². The van der Waals surface area contributed by atoms with Gasteiger partial charge in [-0.1, -0.05) is 30.3 Å². The molecule has 2 spiro atoms. The van der Waals surface area contributed by atoms with E-state index in [0.717, 1.165) is 64.2 Å². The summed E-state index contributed by atoms with van der Waals surface area (Å²) in [6.07, 6.45) is 10.9. The monoisotopic (exact) mass is 692 g/mol. The summed E-state index contributed by atoms with van der Waals surface area (Å²) in [5.74, 6) is 1.71. The lowest BCUT2D eigenvalue weighted by molar-refractivity contribution is 0.00571. The number of piperidine rings is 4. The number of carbonyl (C=O) groups is 2. The van der Waals surface area contributed by atoms with Crippen LogP contribution in [0, 0.1) is 10.8 Å². The molecule has 4 aliphatic heterocycles. The molecular formula is C41H64N4O5. The van der Waals surface area contributed by atoms with E-state index in [1.54, 1.807) is 12.1 Å². The van der Waals surface area contributed by atoms with E-state index in [4.69, 9.17) is 14.2 Å². The third-order valence-corrected chi connectivity index (χ3v) is 10.7. The quantitative estimate of drug-likeness (QED) is 0.292. The Kier molecular flexibility index (Phi) is 15.4. The maximum absolute atomic E-state index is 12.0. The number of nitrogens with zero attached hydrogens (tertiary/aromatic N) is 2. The Morgan fingerprint density at radius 1 is 0.720 bits per heavy atom. The molecule has 9 nitrogen and oxygen atoms in total. The summed E-state index contributed by atoms with van der Waals surface area (Å²) in [7, 11) is 0. The Morgan fingerprint density at radius 2 is 1.20 bits per heavy atom. The van der Waals surface area contributed by atoms with Crippen LogP contribution in [-0.2, 0) is 11.3 Å². The number of hydrogen-bond donors (Lipinski definition) is 2. The zero-order valence-electron chi connectivity index (χ0n) is 31.6. The molecule has 0 aliphatic carbocycles. The third-order valence-electron chi connectivity index (χ3n) is 10.7. The number of nitrogens with one attached hydrogen (secondary N) is 2. The summed E-state index contributed by atoms with van der Waals surface area (Å²) < 4.78 is 16.4. The molecule has 0 saturated carbocycles. The van der Waals surface area contributed by atoms with E-state index < -0.39 is 0 Å². The van der Waals surface area contributed by atoms with Gasteiger partial charge in [0.25, 0.3) is 0 Å². The Morgan fingerprint density at radius 3 is 1.72 bits per heavy atom. The molecule has 4 heterocycles. The summed E-state index contributed by atoms with van der Waals surface area (Å²) in [5.41, 5.74) is 2.68. The standard InChI is InChI=1S/C18H28N2O.C14H26N2O2.C9H10O2/c1-2-21-17-6-4-3-5-16(17)15-20-13-9-18(10-14-20)7-11-19-12-8-18;1-13(2,3)18-12(17)16-10-6-14(7-11-16)4-8-15-9-5-14;1-2-11-9-6-4-3-5-8(9)7-10/h3-6,19H,2,7-15H2,1H3;15H,4-11H2,1-3H3;3-7H,2H2,1H3. The molecule has 2 aromatic carbocycles. The topological polar surface area (TPSA) is 92.4 Å². The van der Waals surface area contributed by atoms with Crippen LogP contribution in [0.1, 0.15) is 102 Å². The minimum Gasteiger partial charge on any atom is -0.494 e. The van der Waals surface area contributed by atoms with Crippen LogP contribution in [0.15, 0.2) is 48.5 Å². The fraction of sp³-hybridized carbons (Fsp3) is 0.659. The first kappa shape index (κ1) is 39.6. The molecule has 50 heavy (non-hydrogen) atoms. The summed E-state index contributed by atoms with van der Waals surface area (Å²) in [5, 5.41) is 6.91. The second-order valence-corrected chi connectivity index (χ2v) is 15.4. The molecule has 0 aromatic heterocycles. The van der Waals surface area contributed by atoms with Gasteiger partial charge < -0.3 is 29.7 Å². The summed E-state index contributed by atoms with van der Waals surface area (Å²) in [4.78, 5) is 26.9. The average Bonchev–Trinajstić information content (AvgIpc) is 3.12. The highest BCUT2D eigenvalue weighted by Gasteiger charge is 2.38. The highest BCUT2D eigenvalue weighted by molar-refractivity contribution is 5.79. The Balaban J connectivity index is 0.000000177. The molecule has 0 radical (unpaired) electrons. The molecule has 4 aliphatic rings. The molecule has 0 atom stereocenters. The van der Waals surface area contributed by atoms with E-state index in [1.807, 2.05) is 44.7 Å². The van der Waals surface area contributed by atoms with Gasteiger partial charge in [0, 0.05) is 25.2 Å². The van der Waals surface area contributed by atoms with Gasteiger partial charge in [-0.3, -0.25) is 9.69 Å². The van der Waals surface area contributed by atoms with Crippen molar-refractivity contribution in [2.75, 3.05) is 65.6 Å². The van der Waals surface area contributed by atoms with Crippen LogP contribution in [-0.4, -0.2) is 93.4 Å². The van der Waals surface area contributed by atoms with Crippen molar-refractivity contribution >= 4 is 12.4 Å². The number of para-hydroxylation sites is 2. The van der Waals surface area contributed by atoms with E-state index in [-0.39, 0.29) is 11.7 Å². The lowest BCUT2D eigenvalue weighted by Crippen LogP contribution is -2.48. The van der Waals surface area contributed by atoms with E-state index >= 15 is 0 Å². The van der Waals surface area contributed by atoms with Crippen molar-refractivity contribution in [3.63, 3.8) is 0 Å². The van der Waals surface area contributed by atoms with Gasteiger partial charge in [0.05, 0.1) is 18.8 Å². The van der Waals surface area contributed by atoms with Gasteiger partial charge in [-0.15, -0.1) is 0 Å². The van der Waals surface area contributed by atoms with Crippen LogP contribution in [0.3, 0.4) is 0 Å². The van der Waals surface area contributed by atoms with Crippen molar-refractivity contribution in [3.05, 3.63) is 59.7 Å². The van der Waals surface area contributed by atoms with Crippen molar-refractivity contribution < 1.29 is 23.8 Å². The van der Waals surface area contributed by atoms with Gasteiger partial charge in [0.2, 0.25) is 0 Å². The smallest absolute Gasteiger partial charge is 0.410 e. The van der Waals surface area contributed by atoms with Crippen LogP contribution in [0.2, 0.25) is 0 Å². The van der Waals surface area contributed by atoms with E-state index in [2.05, 4.69) is 46.7 Å². The average molecular weight is 693 g/mol. The number of aldehydes is 1. The van der Waals surface area contributed by atoms with Crippen molar-refractivity contribution in [1.29, 1.82) is 0 Å². The molecule has 4 saturated heterocycles. The zero-order chi connectivity index (χ0) is 35.9. The van der Waals surface area contributed by atoms with Gasteiger partial charge in [0.15, 0.2) is 6.29 Å². The fourth-order valence-corrected chi connectivity index (χ4v) is 7.63. The van der Waals surface area contributed by atoms with Gasteiger partial charge in [-0.25, -0.2) is 4.79 Å². The molecule has 1 amide bonds. The highest BCUT2D eigenvalue weighted by Crippen LogP contribution is 2.41. The predicted octanol–water partition coefficient (Wildman–Crippen LogP) is 7.34. The lowest BCUT2D eigenvalue weighted by atomic mass is 9.71. The Labute approximate surface area is 301 Å². The van der Waals surface area contributed by atoms with Gasteiger partial charge >= 0.3 is 6.09 Å². The minimum atomic E-state index is -0.388. The minimum absolute atomic E-state index is 0.147. The number of rotatable bonds is 7. The molecule has 2 N–H and O–H groups in total. The third kappa shape index (κ3) is 12.3. The van der Waals surface area contributed by atoms with E-state index in [1.165, 1.54) is 70.3 Å². The SMILES string of the molecule is CC(C)(C)OC(=O)N1CCC2(CCNCC2)CC1.CCOc1ccccc1C=O.CCOc1ccccc1CN1CCC2(CCNCC2)CC1. The van der Waals surface area contributed by atoms with Crippen LogP contribution in [0.4, 0.5) is 4.79 Å². The van der Waals surface area contributed by atoms with Crippen molar-refractivity contribution in [2.24, 2.45) is 10.8 Å². The van der Waals surface area contributed by atoms with Crippen LogP contribution in [0.5, 0.6) is 11.5 Å². The molecule has 6 rings (SSSR count). The molecule has 278 valence electrons. The number of benzene rings is 2. The first-order valence-corrected chi connectivity index (χ1v) is 19.1. The number of hydrogen-bond acceptors (Lipinski definition) is 8. The van der Waals surface area contributed by atoms with E-state index in [9.17, 15) is 9.59 Å². The first-order valence-electron chi connectivity index (χ1n) is 19.1. The van der Waals surface area contributed by atoms with Crippen molar-refractivity contribution in [2.45, 2.75) is 98.1 Å². The van der Waals surface area contributed by atoms with Gasteiger partial charge in [-0.05, 0) is 154 Å². The number of ether oxygens (including phenoxy) is 3. The molecule has 4 fully saturated rings. The first-order chi connectivity index (χ1) is 24.1. The molecular weight excluding hydrogens is 628 g/mol. The van der Waals surface area contributed by atoms with Gasteiger partial charge in [-0.2, -0.15) is 0 Å². The predicted molar refractivity (Wildman–Crippen MR) is 201 cm³/mol. The summed E-state index contributed by atoms with van der Waals surface area (Å²) >= 11 is 0. The number of carbonyl (C=O) groups excluding carboxylic acids is 2. The van der Waals surface area contributed by atoms with Crippen molar-refractivity contribution in [3.8, 4) is 11.5 Å². The van der Waals surface area contributed by atoms with Crippen LogP contribution >= 0.6 is 0 Å². The number of likely N-dealkylation sites (tertiary alicyclic amines) is 2. The van der Waals surface area contributed by atoms with E-state index in [0.29, 0.717) is 28.7 Å². The second-order valence-electron chi connectivity index (χ2n) is 15.4. The fourth-order valence-electron chi connectivity index (χ4n) is 7.63. The molecule has 0 bridgehead atoms. The highest BCUT2D eigenvalue weighted by atomic mass is 16.6. The van der Waals surface area contributed by atoms with Crippen LogP contribution in [0.25, 0.3) is 0 Å². The van der Waals surface area contributed by atoms with Crippen molar-refractivity contribution in [1.82, 2.24) is 20.4 Å². The Bertz CT molecular complexity index is 1300. The maximum Gasteiger partial charge on any atom is 0.410 e.